The number of nitrogen functional groups attached to an aromatic ring is 1. The van der Waals surface area contributed by atoms with Gasteiger partial charge < -0.3 is 25.1 Å². The van der Waals surface area contributed by atoms with E-state index in [-0.39, 0.29) is 24.7 Å². The van der Waals surface area contributed by atoms with E-state index in [0.717, 1.165) is 33.1 Å². The van der Waals surface area contributed by atoms with E-state index in [4.69, 9.17) is 19.9 Å². The highest BCUT2D eigenvalue weighted by molar-refractivity contribution is 7.99. The van der Waals surface area contributed by atoms with Gasteiger partial charge in [0, 0.05) is 27.8 Å². The first-order chi connectivity index (χ1) is 15.6. The summed E-state index contributed by atoms with van der Waals surface area (Å²) in [7, 11) is 1.69. The number of rotatable bonds is 7. The van der Waals surface area contributed by atoms with Gasteiger partial charge in [0.05, 0.1) is 25.9 Å². The van der Waals surface area contributed by atoms with Crippen LogP contribution in [0.5, 0.6) is 5.75 Å². The van der Waals surface area contributed by atoms with Crippen LogP contribution in [0.3, 0.4) is 0 Å². The molecule has 1 aliphatic rings. The molecule has 32 heavy (non-hydrogen) atoms. The van der Waals surface area contributed by atoms with Crippen LogP contribution in [0.1, 0.15) is 36.0 Å². The Morgan fingerprint density at radius 3 is 2.47 bits per heavy atom. The molecular formula is C26H29NO4S. The van der Waals surface area contributed by atoms with E-state index < -0.39 is 6.29 Å². The van der Waals surface area contributed by atoms with Crippen LogP contribution in [0.15, 0.2) is 77.7 Å². The van der Waals surface area contributed by atoms with Crippen LogP contribution in [-0.2, 0) is 16.1 Å². The molecular weight excluding hydrogens is 422 g/mol. The molecule has 5 nitrogen and oxygen atoms in total. The molecule has 4 atom stereocenters. The number of anilines is 1. The van der Waals surface area contributed by atoms with Gasteiger partial charge in [-0.15, -0.1) is 11.8 Å². The Kier molecular flexibility index (Phi) is 7.37. The summed E-state index contributed by atoms with van der Waals surface area (Å²) in [5.41, 5.74) is 9.55. The van der Waals surface area contributed by atoms with Gasteiger partial charge in [-0.3, -0.25) is 0 Å². The van der Waals surface area contributed by atoms with E-state index in [9.17, 15) is 5.11 Å². The third-order valence-electron chi connectivity index (χ3n) is 5.78. The zero-order valence-corrected chi connectivity index (χ0v) is 19.1. The van der Waals surface area contributed by atoms with E-state index >= 15 is 0 Å². The number of hydrogen-bond acceptors (Lipinski definition) is 6. The molecule has 4 rings (SSSR count). The van der Waals surface area contributed by atoms with Gasteiger partial charge in [-0.05, 0) is 35.4 Å². The summed E-state index contributed by atoms with van der Waals surface area (Å²) in [6, 6.07) is 23.6. The first-order valence-electron chi connectivity index (χ1n) is 10.7. The highest BCUT2D eigenvalue weighted by Gasteiger charge is 2.38. The molecule has 1 aliphatic heterocycles. The molecule has 0 amide bonds. The third-order valence-corrected chi connectivity index (χ3v) is 6.92. The predicted molar refractivity (Wildman–Crippen MR) is 128 cm³/mol. The van der Waals surface area contributed by atoms with Crippen molar-refractivity contribution in [1.82, 2.24) is 0 Å². The molecule has 0 spiro atoms. The molecule has 4 unspecified atom stereocenters. The number of methoxy groups -OCH3 is 1. The van der Waals surface area contributed by atoms with Crippen LogP contribution < -0.4 is 10.5 Å². The minimum atomic E-state index is -0.513. The summed E-state index contributed by atoms with van der Waals surface area (Å²) in [4.78, 5) is 1.08. The van der Waals surface area contributed by atoms with Gasteiger partial charge in [0.15, 0.2) is 6.29 Å². The fourth-order valence-electron chi connectivity index (χ4n) is 3.93. The van der Waals surface area contributed by atoms with E-state index in [0.29, 0.717) is 5.69 Å². The maximum atomic E-state index is 9.39. The average molecular weight is 452 g/mol. The van der Waals surface area contributed by atoms with Gasteiger partial charge >= 0.3 is 0 Å². The molecule has 0 radical (unpaired) electrons. The molecule has 0 aliphatic carbocycles. The fraction of sp³-hybridized carbons (Fsp3) is 0.308. The summed E-state index contributed by atoms with van der Waals surface area (Å²) < 4.78 is 18.4. The summed E-state index contributed by atoms with van der Waals surface area (Å²) in [6.45, 7) is 2.18. The average Bonchev–Trinajstić information content (AvgIpc) is 2.83. The molecule has 1 fully saturated rings. The van der Waals surface area contributed by atoms with Gasteiger partial charge in [-0.25, -0.2) is 0 Å². The Morgan fingerprint density at radius 1 is 0.969 bits per heavy atom. The lowest BCUT2D eigenvalue weighted by Crippen LogP contribution is -2.38. The topological polar surface area (TPSA) is 73.9 Å². The quantitative estimate of drug-likeness (QED) is 0.372. The lowest BCUT2D eigenvalue weighted by molar-refractivity contribution is -0.268. The van der Waals surface area contributed by atoms with E-state index in [1.54, 1.807) is 18.9 Å². The minimum Gasteiger partial charge on any atom is -0.496 e. The SMILES string of the molecule is COc1ccccc1SCC1OC(c2cccc(N)c2)OC(c2ccc(CO)cc2)C1C. The van der Waals surface area contributed by atoms with E-state index in [1.165, 1.54) is 0 Å². The van der Waals surface area contributed by atoms with Crippen LogP contribution in [0.2, 0.25) is 0 Å². The normalized spacial score (nSPS) is 23.1. The highest BCUT2D eigenvalue weighted by atomic mass is 32.2. The lowest BCUT2D eigenvalue weighted by atomic mass is 9.91. The van der Waals surface area contributed by atoms with Crippen molar-refractivity contribution in [3.05, 3.63) is 89.5 Å². The zero-order valence-electron chi connectivity index (χ0n) is 18.3. The monoisotopic (exact) mass is 451 g/mol. The van der Waals surface area contributed by atoms with E-state index in [1.807, 2.05) is 66.7 Å². The van der Waals surface area contributed by atoms with Crippen molar-refractivity contribution >= 4 is 17.4 Å². The predicted octanol–water partition coefficient (Wildman–Crippen LogP) is 5.35. The number of nitrogens with two attached hydrogens (primary N) is 1. The second-order valence-electron chi connectivity index (χ2n) is 7.95. The van der Waals surface area contributed by atoms with Crippen molar-refractivity contribution in [3.63, 3.8) is 0 Å². The first-order valence-corrected chi connectivity index (χ1v) is 11.7. The Labute approximate surface area is 193 Å². The molecule has 6 heteroatoms. The molecule has 3 N–H and O–H groups in total. The molecule has 0 bridgehead atoms. The standard InChI is InChI=1S/C26H29NO4S/c1-17-23(16-32-24-9-4-3-8-22(24)29-2)30-26(20-6-5-7-21(27)14-20)31-25(17)19-12-10-18(15-28)11-13-19/h3-14,17,23,25-26,28H,15-16,27H2,1-2H3. The fourth-order valence-corrected chi connectivity index (χ4v) is 5.12. The first kappa shape index (κ1) is 22.7. The number of benzene rings is 3. The van der Waals surface area contributed by atoms with Gasteiger partial charge in [0.25, 0.3) is 0 Å². The van der Waals surface area contributed by atoms with Gasteiger partial charge in [0.1, 0.15) is 5.75 Å². The number of para-hydroxylation sites is 1. The third kappa shape index (κ3) is 5.10. The van der Waals surface area contributed by atoms with Crippen LogP contribution >= 0.6 is 11.8 Å². The largest absolute Gasteiger partial charge is 0.496 e. The Bertz CT molecular complexity index is 1030. The number of thioether (sulfide) groups is 1. The number of hydrogen-bond donors (Lipinski definition) is 2. The van der Waals surface area contributed by atoms with Crippen LogP contribution in [-0.4, -0.2) is 24.1 Å². The molecule has 0 saturated carbocycles. The number of aliphatic hydroxyl groups excluding tert-OH is 1. The maximum Gasteiger partial charge on any atom is 0.185 e. The molecule has 1 saturated heterocycles. The highest BCUT2D eigenvalue weighted by Crippen LogP contribution is 2.43. The maximum absolute atomic E-state index is 9.39. The summed E-state index contributed by atoms with van der Waals surface area (Å²) in [5, 5.41) is 9.39. The van der Waals surface area contributed by atoms with Crippen LogP contribution in [0, 0.1) is 5.92 Å². The second-order valence-corrected chi connectivity index (χ2v) is 9.02. The molecule has 1 heterocycles. The number of aliphatic hydroxyl groups is 1. The van der Waals surface area contributed by atoms with Crippen molar-refractivity contribution in [1.29, 1.82) is 0 Å². The lowest BCUT2D eigenvalue weighted by Gasteiger charge is -2.41. The zero-order chi connectivity index (χ0) is 22.5. The van der Waals surface area contributed by atoms with Crippen molar-refractivity contribution in [2.24, 2.45) is 5.92 Å². The van der Waals surface area contributed by atoms with Gasteiger partial charge in [-0.2, -0.15) is 0 Å². The van der Waals surface area contributed by atoms with Crippen LogP contribution in [0.4, 0.5) is 5.69 Å². The molecule has 0 aromatic heterocycles. The summed E-state index contributed by atoms with van der Waals surface area (Å²) in [6.07, 6.45) is -0.709. The van der Waals surface area contributed by atoms with Crippen molar-refractivity contribution in [3.8, 4) is 5.75 Å². The Balaban J connectivity index is 1.60. The smallest absolute Gasteiger partial charge is 0.185 e. The molecule has 3 aromatic carbocycles. The van der Waals surface area contributed by atoms with Gasteiger partial charge in [0.2, 0.25) is 0 Å². The van der Waals surface area contributed by atoms with E-state index in [2.05, 4.69) is 13.0 Å². The second kappa shape index (κ2) is 10.4. The Morgan fingerprint density at radius 2 is 1.75 bits per heavy atom. The molecule has 168 valence electrons. The van der Waals surface area contributed by atoms with Crippen molar-refractivity contribution < 1.29 is 19.3 Å². The van der Waals surface area contributed by atoms with Crippen molar-refractivity contribution in [2.45, 2.75) is 36.9 Å². The number of ether oxygens (including phenoxy) is 3. The van der Waals surface area contributed by atoms with Crippen LogP contribution in [0.25, 0.3) is 0 Å². The minimum absolute atomic E-state index is 0.0224. The van der Waals surface area contributed by atoms with Crippen molar-refractivity contribution in [2.75, 3.05) is 18.6 Å². The van der Waals surface area contributed by atoms with Gasteiger partial charge in [-0.1, -0.05) is 55.5 Å². The summed E-state index contributed by atoms with van der Waals surface area (Å²) >= 11 is 1.72. The molecule has 3 aromatic rings. The summed E-state index contributed by atoms with van der Waals surface area (Å²) in [5.74, 6) is 1.74. The Hall–Kier alpha value is -2.51.